The maximum atomic E-state index is 13.9. The van der Waals surface area contributed by atoms with E-state index in [1.807, 2.05) is 24.3 Å². The van der Waals surface area contributed by atoms with Gasteiger partial charge >= 0.3 is 0 Å². The van der Waals surface area contributed by atoms with E-state index in [4.69, 9.17) is 21.1 Å². The van der Waals surface area contributed by atoms with Gasteiger partial charge in [0.15, 0.2) is 11.6 Å². The quantitative estimate of drug-likeness (QED) is 0.857. The van der Waals surface area contributed by atoms with Crippen LogP contribution in [0.3, 0.4) is 0 Å². The van der Waals surface area contributed by atoms with Gasteiger partial charge in [0.2, 0.25) is 0 Å². The zero-order chi connectivity index (χ0) is 18.6. The van der Waals surface area contributed by atoms with Crippen molar-refractivity contribution in [3.63, 3.8) is 0 Å². The van der Waals surface area contributed by atoms with Gasteiger partial charge in [-0.15, -0.1) is 0 Å². The first-order chi connectivity index (χ1) is 12.5. The summed E-state index contributed by atoms with van der Waals surface area (Å²) in [6.45, 7) is 1.68. The van der Waals surface area contributed by atoms with Crippen molar-refractivity contribution in [1.82, 2.24) is 5.32 Å². The Morgan fingerprint density at radius 3 is 2.69 bits per heavy atom. The van der Waals surface area contributed by atoms with Crippen molar-refractivity contribution in [1.29, 1.82) is 0 Å². The van der Waals surface area contributed by atoms with Crippen molar-refractivity contribution in [3.8, 4) is 5.75 Å². The number of ether oxygens (including phenoxy) is 2. The molecule has 0 atom stereocenters. The SMILES string of the molecule is COc1ccc(C(=O)NCC2(c3cccc(Cl)c3)CCOCC2)cc1F. The van der Waals surface area contributed by atoms with E-state index in [0.29, 0.717) is 24.8 Å². The zero-order valence-corrected chi connectivity index (χ0v) is 15.3. The second kappa shape index (κ2) is 8.06. The van der Waals surface area contributed by atoms with Crippen molar-refractivity contribution in [3.05, 3.63) is 64.4 Å². The first-order valence-corrected chi connectivity index (χ1v) is 8.87. The third-order valence-electron chi connectivity index (χ3n) is 4.89. The number of amides is 1. The lowest BCUT2D eigenvalue weighted by Gasteiger charge is -2.38. The van der Waals surface area contributed by atoms with E-state index in [0.717, 1.165) is 18.4 Å². The lowest BCUT2D eigenvalue weighted by atomic mass is 9.74. The number of hydrogen-bond donors (Lipinski definition) is 1. The lowest BCUT2D eigenvalue weighted by Crippen LogP contribution is -2.44. The molecule has 0 bridgehead atoms. The minimum atomic E-state index is -0.559. The van der Waals surface area contributed by atoms with E-state index in [1.165, 1.54) is 19.2 Å². The number of rotatable bonds is 5. The Morgan fingerprint density at radius 1 is 1.27 bits per heavy atom. The van der Waals surface area contributed by atoms with E-state index < -0.39 is 5.82 Å². The predicted molar refractivity (Wildman–Crippen MR) is 98.5 cm³/mol. The van der Waals surface area contributed by atoms with Crippen LogP contribution in [0.1, 0.15) is 28.8 Å². The topological polar surface area (TPSA) is 47.6 Å². The van der Waals surface area contributed by atoms with Crippen molar-refractivity contribution < 1.29 is 18.7 Å². The minimum Gasteiger partial charge on any atom is -0.494 e. The lowest BCUT2D eigenvalue weighted by molar-refractivity contribution is 0.0487. The van der Waals surface area contributed by atoms with Gasteiger partial charge in [-0.1, -0.05) is 23.7 Å². The number of halogens is 2. The molecular weight excluding hydrogens is 357 g/mol. The number of nitrogens with one attached hydrogen (secondary N) is 1. The molecule has 1 amide bonds. The van der Waals surface area contributed by atoms with Crippen LogP contribution in [0.2, 0.25) is 5.02 Å². The highest BCUT2D eigenvalue weighted by atomic mass is 35.5. The first kappa shape index (κ1) is 18.7. The van der Waals surface area contributed by atoms with Crippen LogP contribution in [0.25, 0.3) is 0 Å². The molecule has 138 valence electrons. The van der Waals surface area contributed by atoms with Gasteiger partial charge in [0.1, 0.15) is 0 Å². The van der Waals surface area contributed by atoms with E-state index >= 15 is 0 Å². The molecule has 1 fully saturated rings. The van der Waals surface area contributed by atoms with Gasteiger partial charge in [-0.3, -0.25) is 4.79 Å². The van der Waals surface area contributed by atoms with Crippen LogP contribution in [-0.2, 0) is 10.2 Å². The fraction of sp³-hybridized carbons (Fsp3) is 0.350. The summed E-state index contributed by atoms with van der Waals surface area (Å²) < 4.78 is 24.2. The molecule has 1 aliphatic rings. The summed E-state index contributed by atoms with van der Waals surface area (Å²) >= 11 is 6.16. The van der Waals surface area contributed by atoms with Gasteiger partial charge in [-0.25, -0.2) is 4.39 Å². The van der Waals surface area contributed by atoms with Crippen LogP contribution in [-0.4, -0.2) is 32.8 Å². The molecule has 2 aromatic rings. The standard InChI is InChI=1S/C20H21ClFNO3/c1-25-18-6-5-14(11-17(18)22)19(24)23-13-20(7-9-26-10-8-20)15-3-2-4-16(21)12-15/h2-6,11-12H,7-10,13H2,1H3,(H,23,24). The maximum Gasteiger partial charge on any atom is 0.251 e. The molecule has 4 nitrogen and oxygen atoms in total. The van der Waals surface area contributed by atoms with Crippen molar-refractivity contribution in [2.75, 3.05) is 26.9 Å². The molecule has 0 aromatic heterocycles. The summed E-state index contributed by atoms with van der Waals surface area (Å²) in [4.78, 5) is 12.5. The number of methoxy groups -OCH3 is 1. The van der Waals surface area contributed by atoms with Gasteiger partial charge in [0.25, 0.3) is 5.91 Å². The van der Waals surface area contributed by atoms with Crippen LogP contribution in [0.5, 0.6) is 5.75 Å². The Morgan fingerprint density at radius 2 is 2.04 bits per heavy atom. The number of carbonyl (C=O) groups excluding carboxylic acids is 1. The van der Waals surface area contributed by atoms with Gasteiger partial charge in [-0.2, -0.15) is 0 Å². The molecule has 1 N–H and O–H groups in total. The smallest absolute Gasteiger partial charge is 0.251 e. The molecule has 0 saturated carbocycles. The van der Waals surface area contributed by atoms with Crippen LogP contribution in [0, 0.1) is 5.82 Å². The third kappa shape index (κ3) is 4.00. The van der Waals surface area contributed by atoms with Crippen LogP contribution >= 0.6 is 11.6 Å². The second-order valence-corrected chi connectivity index (χ2v) is 6.87. The molecule has 1 saturated heterocycles. The van der Waals surface area contributed by atoms with E-state index in [2.05, 4.69) is 5.32 Å². The van der Waals surface area contributed by atoms with Crippen LogP contribution in [0.15, 0.2) is 42.5 Å². The fourth-order valence-corrected chi connectivity index (χ4v) is 3.50. The summed E-state index contributed by atoms with van der Waals surface area (Å²) in [6, 6.07) is 11.9. The van der Waals surface area contributed by atoms with Crippen LogP contribution < -0.4 is 10.1 Å². The number of benzene rings is 2. The van der Waals surface area contributed by atoms with Gasteiger partial charge < -0.3 is 14.8 Å². The summed E-state index contributed by atoms with van der Waals surface area (Å²) in [5.74, 6) is -0.767. The number of carbonyl (C=O) groups is 1. The van der Waals surface area contributed by atoms with E-state index in [1.54, 1.807) is 6.07 Å². The Bertz CT molecular complexity index is 790. The molecule has 0 aliphatic carbocycles. The highest BCUT2D eigenvalue weighted by molar-refractivity contribution is 6.30. The first-order valence-electron chi connectivity index (χ1n) is 8.50. The van der Waals surface area contributed by atoms with Crippen LogP contribution in [0.4, 0.5) is 4.39 Å². The van der Waals surface area contributed by atoms with Gasteiger partial charge in [-0.05, 0) is 48.7 Å². The Kier molecular flexibility index (Phi) is 5.79. The normalized spacial score (nSPS) is 16.1. The summed E-state index contributed by atoms with van der Waals surface area (Å²) in [5, 5.41) is 3.61. The molecule has 1 heterocycles. The fourth-order valence-electron chi connectivity index (χ4n) is 3.31. The highest BCUT2D eigenvalue weighted by Crippen LogP contribution is 2.35. The maximum absolute atomic E-state index is 13.9. The molecular formula is C20H21ClFNO3. The molecule has 3 rings (SSSR count). The highest BCUT2D eigenvalue weighted by Gasteiger charge is 2.35. The zero-order valence-electron chi connectivity index (χ0n) is 14.6. The van der Waals surface area contributed by atoms with E-state index in [-0.39, 0.29) is 22.6 Å². The Hall–Kier alpha value is -2.11. The second-order valence-electron chi connectivity index (χ2n) is 6.44. The summed E-state index contributed by atoms with van der Waals surface area (Å²) in [7, 11) is 1.39. The van der Waals surface area contributed by atoms with Gasteiger partial charge in [0, 0.05) is 35.8 Å². The van der Waals surface area contributed by atoms with Crippen molar-refractivity contribution in [2.45, 2.75) is 18.3 Å². The molecule has 0 unspecified atom stereocenters. The molecule has 1 aliphatic heterocycles. The van der Waals surface area contributed by atoms with Gasteiger partial charge in [0.05, 0.1) is 7.11 Å². The molecule has 0 radical (unpaired) electrons. The Labute approximate surface area is 157 Å². The minimum absolute atomic E-state index is 0.112. The molecule has 2 aromatic carbocycles. The predicted octanol–water partition coefficient (Wildman–Crippen LogP) is 3.97. The summed E-state index contributed by atoms with van der Waals surface area (Å²) in [5.41, 5.74) is 1.09. The average molecular weight is 378 g/mol. The molecule has 0 spiro atoms. The third-order valence-corrected chi connectivity index (χ3v) is 5.12. The Balaban J connectivity index is 1.78. The van der Waals surface area contributed by atoms with Crippen molar-refractivity contribution in [2.24, 2.45) is 0 Å². The monoisotopic (exact) mass is 377 g/mol. The number of hydrogen-bond acceptors (Lipinski definition) is 3. The average Bonchev–Trinajstić information content (AvgIpc) is 2.67. The molecule has 26 heavy (non-hydrogen) atoms. The molecule has 6 heteroatoms. The van der Waals surface area contributed by atoms with Crippen molar-refractivity contribution >= 4 is 17.5 Å². The largest absolute Gasteiger partial charge is 0.494 e. The summed E-state index contributed by atoms with van der Waals surface area (Å²) in [6.07, 6.45) is 1.56. The van der Waals surface area contributed by atoms with E-state index in [9.17, 15) is 9.18 Å².